The fourth-order valence-corrected chi connectivity index (χ4v) is 1.25. The number of anilines is 1. The third kappa shape index (κ3) is 4.92. The van der Waals surface area contributed by atoms with Gasteiger partial charge in [-0.05, 0) is 43.4 Å². The highest BCUT2D eigenvalue weighted by Gasteiger charge is 2.06. The average molecular weight is 315 g/mol. The first-order chi connectivity index (χ1) is 7.99. The molecule has 17 heavy (non-hydrogen) atoms. The van der Waals surface area contributed by atoms with Crippen molar-refractivity contribution in [3.63, 3.8) is 0 Å². The number of carbonyl (C=O) groups is 1. The zero-order valence-corrected chi connectivity index (χ0v) is 11.4. The van der Waals surface area contributed by atoms with Crippen LogP contribution in [0.2, 0.25) is 0 Å². The molecule has 0 fully saturated rings. The standard InChI is InChI=1S/C10H11BrN4OS/c1-6(14-15-10(12)17)9(16)13-8-4-2-7(11)3-5-8/h2-5H,1H3,(H,13,16)(H3,12,15,17)/b14-6+. The molecule has 0 saturated carbocycles. The monoisotopic (exact) mass is 314 g/mol. The van der Waals surface area contributed by atoms with Gasteiger partial charge >= 0.3 is 0 Å². The van der Waals surface area contributed by atoms with Gasteiger partial charge in [0, 0.05) is 10.2 Å². The summed E-state index contributed by atoms with van der Waals surface area (Å²) in [4.78, 5) is 11.6. The highest BCUT2D eigenvalue weighted by atomic mass is 79.9. The summed E-state index contributed by atoms with van der Waals surface area (Å²) in [5.41, 5.74) is 8.46. The van der Waals surface area contributed by atoms with Crippen LogP contribution in [0.25, 0.3) is 0 Å². The zero-order chi connectivity index (χ0) is 12.8. The van der Waals surface area contributed by atoms with Gasteiger partial charge in [-0.15, -0.1) is 0 Å². The predicted octanol–water partition coefficient (Wildman–Crippen LogP) is 1.60. The van der Waals surface area contributed by atoms with Gasteiger partial charge in [-0.1, -0.05) is 15.9 Å². The number of nitrogens with zero attached hydrogens (tertiary/aromatic N) is 1. The lowest BCUT2D eigenvalue weighted by atomic mass is 10.3. The molecule has 0 unspecified atom stereocenters. The van der Waals surface area contributed by atoms with Gasteiger partial charge in [-0.3, -0.25) is 10.2 Å². The Hall–Kier alpha value is -1.47. The van der Waals surface area contributed by atoms with Gasteiger partial charge in [0.15, 0.2) is 5.11 Å². The van der Waals surface area contributed by atoms with Crippen LogP contribution in [-0.2, 0) is 4.79 Å². The van der Waals surface area contributed by atoms with Crippen LogP contribution in [0.3, 0.4) is 0 Å². The van der Waals surface area contributed by atoms with Crippen molar-refractivity contribution in [3.8, 4) is 0 Å². The lowest BCUT2D eigenvalue weighted by Gasteiger charge is -2.05. The van der Waals surface area contributed by atoms with E-state index in [0.717, 1.165) is 4.47 Å². The lowest BCUT2D eigenvalue weighted by Crippen LogP contribution is -2.28. The molecular formula is C10H11BrN4OS. The SMILES string of the molecule is C/C(=N\NC(N)=S)C(=O)Nc1ccc(Br)cc1. The van der Waals surface area contributed by atoms with E-state index in [2.05, 4.69) is 44.0 Å². The summed E-state index contributed by atoms with van der Waals surface area (Å²) in [6.45, 7) is 1.56. The first-order valence-corrected chi connectivity index (χ1v) is 5.86. The van der Waals surface area contributed by atoms with E-state index in [1.54, 1.807) is 19.1 Å². The number of hydrazone groups is 1. The molecule has 4 N–H and O–H groups in total. The molecule has 1 aromatic rings. The Kier molecular flexibility index (Phi) is 5.05. The maximum atomic E-state index is 11.6. The smallest absolute Gasteiger partial charge is 0.271 e. The lowest BCUT2D eigenvalue weighted by molar-refractivity contribution is -0.110. The Morgan fingerprint density at radius 1 is 1.41 bits per heavy atom. The second kappa shape index (κ2) is 6.31. The van der Waals surface area contributed by atoms with E-state index in [4.69, 9.17) is 5.73 Å². The van der Waals surface area contributed by atoms with Crippen LogP contribution in [0.1, 0.15) is 6.92 Å². The van der Waals surface area contributed by atoms with E-state index in [-0.39, 0.29) is 16.7 Å². The third-order valence-corrected chi connectivity index (χ3v) is 2.38. The van der Waals surface area contributed by atoms with Crippen molar-refractivity contribution in [2.75, 3.05) is 5.32 Å². The Morgan fingerprint density at radius 2 is 2.00 bits per heavy atom. The molecule has 0 aliphatic rings. The van der Waals surface area contributed by atoms with Crippen molar-refractivity contribution in [3.05, 3.63) is 28.7 Å². The quantitative estimate of drug-likeness (QED) is 0.450. The van der Waals surface area contributed by atoms with Crippen LogP contribution in [0, 0.1) is 0 Å². The molecule has 1 amide bonds. The van der Waals surface area contributed by atoms with Gasteiger partial charge in [0.25, 0.3) is 5.91 Å². The van der Waals surface area contributed by atoms with E-state index >= 15 is 0 Å². The average Bonchev–Trinajstić information content (AvgIpc) is 2.28. The maximum Gasteiger partial charge on any atom is 0.271 e. The summed E-state index contributed by atoms with van der Waals surface area (Å²) in [5, 5.41) is 6.41. The van der Waals surface area contributed by atoms with E-state index in [1.807, 2.05) is 12.1 Å². The number of carbonyl (C=O) groups excluding carboxylic acids is 1. The Balaban J connectivity index is 2.63. The Bertz CT molecular complexity index is 458. The molecular weight excluding hydrogens is 304 g/mol. The molecule has 0 bridgehead atoms. The van der Waals surface area contributed by atoms with Gasteiger partial charge in [0.1, 0.15) is 5.71 Å². The number of nitrogens with two attached hydrogens (primary N) is 1. The molecule has 0 saturated heterocycles. The first-order valence-electron chi connectivity index (χ1n) is 4.65. The van der Waals surface area contributed by atoms with Gasteiger partial charge in [0.05, 0.1) is 0 Å². The second-order valence-electron chi connectivity index (χ2n) is 3.13. The van der Waals surface area contributed by atoms with Gasteiger partial charge in [0.2, 0.25) is 0 Å². The van der Waals surface area contributed by atoms with Crippen molar-refractivity contribution in [1.29, 1.82) is 0 Å². The number of hydrogen-bond acceptors (Lipinski definition) is 3. The van der Waals surface area contributed by atoms with E-state index in [9.17, 15) is 4.79 Å². The topological polar surface area (TPSA) is 79.5 Å². The molecule has 7 heteroatoms. The van der Waals surface area contributed by atoms with Crippen LogP contribution in [0.5, 0.6) is 0 Å². The minimum atomic E-state index is -0.323. The second-order valence-corrected chi connectivity index (χ2v) is 4.49. The largest absolute Gasteiger partial charge is 0.375 e. The molecule has 0 atom stereocenters. The summed E-state index contributed by atoms with van der Waals surface area (Å²) >= 11 is 7.87. The first kappa shape index (κ1) is 13.6. The number of halogens is 1. The normalized spacial score (nSPS) is 10.8. The number of hydrogen-bond donors (Lipinski definition) is 3. The summed E-state index contributed by atoms with van der Waals surface area (Å²) in [6, 6.07) is 7.21. The van der Waals surface area contributed by atoms with Crippen LogP contribution < -0.4 is 16.5 Å². The molecule has 90 valence electrons. The third-order valence-electron chi connectivity index (χ3n) is 1.76. The summed E-state index contributed by atoms with van der Waals surface area (Å²) in [7, 11) is 0. The number of benzene rings is 1. The molecule has 0 radical (unpaired) electrons. The molecule has 1 rings (SSSR count). The predicted molar refractivity (Wildman–Crippen MR) is 75.8 cm³/mol. The minimum Gasteiger partial charge on any atom is -0.375 e. The molecule has 0 spiro atoms. The highest BCUT2D eigenvalue weighted by Crippen LogP contribution is 2.13. The molecule has 0 aromatic heterocycles. The van der Waals surface area contributed by atoms with Crippen LogP contribution in [0.4, 0.5) is 5.69 Å². The Labute approximate surface area is 113 Å². The van der Waals surface area contributed by atoms with Crippen molar-refractivity contribution in [2.45, 2.75) is 6.92 Å². The summed E-state index contributed by atoms with van der Waals surface area (Å²) in [6.07, 6.45) is 0. The highest BCUT2D eigenvalue weighted by molar-refractivity contribution is 9.10. The van der Waals surface area contributed by atoms with Crippen LogP contribution in [0.15, 0.2) is 33.8 Å². The summed E-state index contributed by atoms with van der Waals surface area (Å²) < 4.78 is 0.941. The van der Waals surface area contributed by atoms with E-state index < -0.39 is 0 Å². The number of thiocarbonyl (C=S) groups is 1. The van der Waals surface area contributed by atoms with Gasteiger partial charge < -0.3 is 11.1 Å². The fraction of sp³-hybridized carbons (Fsp3) is 0.100. The molecule has 0 heterocycles. The van der Waals surface area contributed by atoms with Crippen LogP contribution in [-0.4, -0.2) is 16.7 Å². The molecule has 1 aromatic carbocycles. The minimum absolute atomic E-state index is 0.0146. The van der Waals surface area contributed by atoms with Crippen molar-refractivity contribution >= 4 is 50.6 Å². The maximum absolute atomic E-state index is 11.6. The fourth-order valence-electron chi connectivity index (χ4n) is 0.944. The van der Waals surface area contributed by atoms with E-state index in [0.29, 0.717) is 5.69 Å². The molecule has 0 aliphatic carbocycles. The number of amides is 1. The van der Waals surface area contributed by atoms with Crippen molar-refractivity contribution in [1.82, 2.24) is 5.43 Å². The zero-order valence-electron chi connectivity index (χ0n) is 9.03. The molecule has 5 nitrogen and oxygen atoms in total. The van der Waals surface area contributed by atoms with Crippen LogP contribution >= 0.6 is 28.1 Å². The molecule has 0 aliphatic heterocycles. The van der Waals surface area contributed by atoms with Gasteiger partial charge in [-0.25, -0.2) is 0 Å². The number of rotatable bonds is 3. The van der Waals surface area contributed by atoms with Crippen molar-refractivity contribution in [2.24, 2.45) is 10.8 Å². The Morgan fingerprint density at radius 3 is 2.53 bits per heavy atom. The van der Waals surface area contributed by atoms with Gasteiger partial charge in [-0.2, -0.15) is 5.10 Å². The summed E-state index contributed by atoms with van der Waals surface area (Å²) in [5.74, 6) is -0.323. The van der Waals surface area contributed by atoms with E-state index in [1.165, 1.54) is 0 Å². The van der Waals surface area contributed by atoms with Crippen molar-refractivity contribution < 1.29 is 4.79 Å². The number of nitrogens with one attached hydrogen (secondary N) is 2.